The summed E-state index contributed by atoms with van der Waals surface area (Å²) in [5.41, 5.74) is 5.88. The van der Waals surface area contributed by atoms with E-state index in [9.17, 15) is 4.79 Å². The first kappa shape index (κ1) is 14.0. The van der Waals surface area contributed by atoms with Crippen molar-refractivity contribution in [1.29, 1.82) is 0 Å². The molecule has 3 rings (SSSR count). The lowest BCUT2D eigenvalue weighted by molar-refractivity contribution is -0.143. The standard InChI is InChI=1S/C17H15N3O2/c1-18-22-16(21)10-15(12-6-3-2-4-7-12)14-9-5-8-13-11-19-20-17(13)14/h2-11,18H,1H3,(H,19,20)/b15-10-. The van der Waals surface area contributed by atoms with Crippen LogP contribution in [-0.2, 0) is 9.63 Å². The minimum absolute atomic E-state index is 0.460. The van der Waals surface area contributed by atoms with E-state index in [0.29, 0.717) is 0 Å². The third kappa shape index (κ3) is 2.75. The fraction of sp³-hybridized carbons (Fsp3) is 0.0588. The number of H-pyrrole nitrogens is 1. The van der Waals surface area contributed by atoms with Gasteiger partial charge in [-0.1, -0.05) is 48.5 Å². The molecule has 0 aliphatic heterocycles. The number of carbonyl (C=O) groups excluding carboxylic acids is 1. The molecule has 0 unspecified atom stereocenters. The maximum absolute atomic E-state index is 11.9. The number of rotatable bonds is 4. The van der Waals surface area contributed by atoms with Crippen molar-refractivity contribution in [3.05, 3.63) is 71.9 Å². The Morgan fingerprint density at radius 3 is 2.77 bits per heavy atom. The van der Waals surface area contributed by atoms with Crippen molar-refractivity contribution < 1.29 is 9.63 Å². The van der Waals surface area contributed by atoms with Crippen LogP contribution in [0.5, 0.6) is 0 Å². The van der Waals surface area contributed by atoms with Crippen molar-refractivity contribution in [2.45, 2.75) is 0 Å². The van der Waals surface area contributed by atoms with Crippen LogP contribution in [0.15, 0.2) is 60.8 Å². The minimum atomic E-state index is -0.460. The maximum atomic E-state index is 11.9. The molecule has 0 aliphatic carbocycles. The van der Waals surface area contributed by atoms with Gasteiger partial charge in [-0.2, -0.15) is 10.6 Å². The second-order valence-corrected chi connectivity index (χ2v) is 4.69. The van der Waals surface area contributed by atoms with Crippen LogP contribution in [0.25, 0.3) is 16.5 Å². The average molecular weight is 293 g/mol. The number of hydrogen-bond donors (Lipinski definition) is 2. The Balaban J connectivity index is 2.17. The van der Waals surface area contributed by atoms with Gasteiger partial charge in [0.2, 0.25) is 0 Å². The maximum Gasteiger partial charge on any atom is 0.350 e. The molecular weight excluding hydrogens is 278 g/mol. The third-order valence-electron chi connectivity index (χ3n) is 3.32. The van der Waals surface area contributed by atoms with Gasteiger partial charge in [-0.05, 0) is 11.1 Å². The van der Waals surface area contributed by atoms with E-state index in [-0.39, 0.29) is 0 Å². The van der Waals surface area contributed by atoms with Gasteiger partial charge in [-0.15, -0.1) is 0 Å². The highest BCUT2D eigenvalue weighted by atomic mass is 16.7. The number of hydrogen-bond acceptors (Lipinski definition) is 4. The lowest BCUT2D eigenvalue weighted by atomic mass is 9.96. The number of aromatic amines is 1. The highest BCUT2D eigenvalue weighted by molar-refractivity contribution is 6.02. The van der Waals surface area contributed by atoms with Crippen LogP contribution in [0.2, 0.25) is 0 Å². The molecule has 0 amide bonds. The lowest BCUT2D eigenvalue weighted by Gasteiger charge is -2.09. The topological polar surface area (TPSA) is 67.0 Å². The van der Waals surface area contributed by atoms with Crippen molar-refractivity contribution >= 4 is 22.4 Å². The zero-order valence-corrected chi connectivity index (χ0v) is 12.0. The zero-order chi connectivity index (χ0) is 15.4. The number of aromatic nitrogens is 2. The SMILES string of the molecule is CNOC(=O)/C=C(/c1ccccc1)c1cccc2cn[nH]c12. The summed E-state index contributed by atoms with van der Waals surface area (Å²) in [7, 11) is 1.55. The summed E-state index contributed by atoms with van der Waals surface area (Å²) >= 11 is 0. The van der Waals surface area contributed by atoms with Crippen molar-refractivity contribution in [2.75, 3.05) is 7.05 Å². The Morgan fingerprint density at radius 1 is 1.18 bits per heavy atom. The molecule has 110 valence electrons. The molecule has 0 aliphatic rings. The first-order valence-corrected chi connectivity index (χ1v) is 6.86. The van der Waals surface area contributed by atoms with Crippen LogP contribution in [0, 0.1) is 0 Å². The molecule has 2 N–H and O–H groups in total. The predicted molar refractivity (Wildman–Crippen MR) is 84.8 cm³/mol. The van der Waals surface area contributed by atoms with Crippen LogP contribution in [-0.4, -0.2) is 23.2 Å². The van der Waals surface area contributed by atoms with Gasteiger partial charge >= 0.3 is 5.97 Å². The van der Waals surface area contributed by atoms with Gasteiger partial charge in [0.25, 0.3) is 0 Å². The number of para-hydroxylation sites is 1. The number of benzene rings is 2. The highest BCUT2D eigenvalue weighted by Crippen LogP contribution is 2.28. The van der Waals surface area contributed by atoms with Crippen LogP contribution >= 0.6 is 0 Å². The Hall–Kier alpha value is -2.92. The quantitative estimate of drug-likeness (QED) is 0.573. The highest BCUT2D eigenvalue weighted by Gasteiger charge is 2.12. The van der Waals surface area contributed by atoms with E-state index in [0.717, 1.165) is 27.6 Å². The number of fused-ring (bicyclic) bond motifs is 1. The molecule has 0 spiro atoms. The number of nitrogens with one attached hydrogen (secondary N) is 2. The van der Waals surface area contributed by atoms with E-state index in [1.807, 2.05) is 48.5 Å². The second kappa shape index (κ2) is 6.24. The Morgan fingerprint density at radius 2 is 2.00 bits per heavy atom. The lowest BCUT2D eigenvalue weighted by Crippen LogP contribution is -2.13. The van der Waals surface area contributed by atoms with Gasteiger partial charge < -0.3 is 4.84 Å². The van der Waals surface area contributed by atoms with Crippen molar-refractivity contribution in [3.63, 3.8) is 0 Å². The van der Waals surface area contributed by atoms with Crippen molar-refractivity contribution in [1.82, 2.24) is 15.7 Å². The molecule has 0 bridgehead atoms. The van der Waals surface area contributed by atoms with Crippen molar-refractivity contribution in [2.24, 2.45) is 0 Å². The van der Waals surface area contributed by atoms with E-state index < -0.39 is 5.97 Å². The van der Waals surface area contributed by atoms with Gasteiger partial charge in [0.1, 0.15) is 0 Å². The molecule has 5 nitrogen and oxygen atoms in total. The molecule has 0 atom stereocenters. The first-order valence-electron chi connectivity index (χ1n) is 6.86. The molecule has 0 radical (unpaired) electrons. The molecule has 1 aromatic heterocycles. The van der Waals surface area contributed by atoms with Crippen LogP contribution in [0.1, 0.15) is 11.1 Å². The fourth-order valence-electron chi connectivity index (χ4n) is 2.38. The fourth-order valence-corrected chi connectivity index (χ4v) is 2.38. The molecule has 3 aromatic rings. The summed E-state index contributed by atoms with van der Waals surface area (Å²) < 4.78 is 0. The normalized spacial score (nSPS) is 11.6. The van der Waals surface area contributed by atoms with Crippen LogP contribution in [0.4, 0.5) is 0 Å². The summed E-state index contributed by atoms with van der Waals surface area (Å²) in [5.74, 6) is -0.460. The smallest absolute Gasteiger partial charge is 0.350 e. The third-order valence-corrected chi connectivity index (χ3v) is 3.32. The zero-order valence-electron chi connectivity index (χ0n) is 12.0. The van der Waals surface area contributed by atoms with Crippen molar-refractivity contribution in [3.8, 4) is 0 Å². The minimum Gasteiger partial charge on any atom is -0.367 e. The van der Waals surface area contributed by atoms with Gasteiger partial charge in [-0.3, -0.25) is 5.10 Å². The van der Waals surface area contributed by atoms with E-state index >= 15 is 0 Å². The number of carbonyl (C=O) groups is 1. The monoisotopic (exact) mass is 293 g/mol. The van der Waals surface area contributed by atoms with Crippen LogP contribution < -0.4 is 5.48 Å². The molecular formula is C17H15N3O2. The van der Waals surface area contributed by atoms with E-state index in [1.54, 1.807) is 13.2 Å². The molecule has 0 saturated carbocycles. The number of nitrogens with zero attached hydrogens (tertiary/aromatic N) is 1. The molecule has 2 aromatic carbocycles. The second-order valence-electron chi connectivity index (χ2n) is 4.69. The molecule has 5 heteroatoms. The van der Waals surface area contributed by atoms with Gasteiger partial charge in [-0.25, -0.2) is 4.79 Å². The van der Waals surface area contributed by atoms with Gasteiger partial charge in [0.05, 0.1) is 11.7 Å². The molecule has 1 heterocycles. The summed E-state index contributed by atoms with van der Waals surface area (Å²) in [6, 6.07) is 15.6. The Kier molecular flexibility index (Phi) is 3.98. The van der Waals surface area contributed by atoms with E-state index in [4.69, 9.17) is 4.84 Å². The molecule has 22 heavy (non-hydrogen) atoms. The Labute approximate surface area is 127 Å². The first-order chi connectivity index (χ1) is 10.8. The summed E-state index contributed by atoms with van der Waals surface area (Å²) in [5, 5.41) is 8.05. The molecule has 0 fully saturated rings. The van der Waals surface area contributed by atoms with E-state index in [1.165, 1.54) is 6.08 Å². The predicted octanol–water partition coefficient (Wildman–Crippen LogP) is 2.67. The largest absolute Gasteiger partial charge is 0.367 e. The van der Waals surface area contributed by atoms with Gasteiger partial charge in [0.15, 0.2) is 0 Å². The summed E-state index contributed by atoms with van der Waals surface area (Å²) in [6.45, 7) is 0. The number of hydroxylamine groups is 1. The molecule has 0 saturated heterocycles. The van der Waals surface area contributed by atoms with Gasteiger partial charge in [0, 0.05) is 24.1 Å². The van der Waals surface area contributed by atoms with Crippen LogP contribution in [0.3, 0.4) is 0 Å². The Bertz CT molecular complexity index is 822. The summed E-state index contributed by atoms with van der Waals surface area (Å²) in [6.07, 6.45) is 3.23. The van der Waals surface area contributed by atoms with E-state index in [2.05, 4.69) is 15.7 Å². The summed E-state index contributed by atoms with van der Waals surface area (Å²) in [4.78, 5) is 16.7. The average Bonchev–Trinajstić information content (AvgIpc) is 3.02.